The smallest absolute Gasteiger partial charge is 0.251 e. The summed E-state index contributed by atoms with van der Waals surface area (Å²) in [5, 5.41) is 3.80. The van der Waals surface area contributed by atoms with Gasteiger partial charge in [-0.1, -0.05) is 37.3 Å². The van der Waals surface area contributed by atoms with Crippen LogP contribution in [0.25, 0.3) is 0 Å². The van der Waals surface area contributed by atoms with Crippen molar-refractivity contribution in [3.05, 3.63) is 53.6 Å². The molecule has 1 aliphatic carbocycles. The van der Waals surface area contributed by atoms with E-state index in [9.17, 15) is 4.79 Å². The Morgan fingerprint density at radius 3 is 2.41 bits per heavy atom. The van der Waals surface area contributed by atoms with Crippen molar-refractivity contribution < 1.29 is 19.0 Å². The topological polar surface area (TPSA) is 56.8 Å². The maximum atomic E-state index is 12.8. The number of carbonyl (C=O) groups is 1. The molecule has 0 saturated heterocycles. The Labute approximate surface area is 177 Å². The Morgan fingerprint density at radius 2 is 1.79 bits per heavy atom. The van der Waals surface area contributed by atoms with Crippen molar-refractivity contribution in [1.29, 1.82) is 0 Å². The zero-order valence-corrected chi connectivity index (χ0v) is 18.1. The zero-order chi connectivity index (χ0) is 20.6. The number of hydrogen-bond acceptors (Lipinski definition) is 5. The Hall–Kier alpha value is -2.34. The fourth-order valence-electron chi connectivity index (χ4n) is 3.61. The minimum absolute atomic E-state index is 0.108. The van der Waals surface area contributed by atoms with E-state index in [1.54, 1.807) is 26.4 Å². The zero-order valence-electron chi connectivity index (χ0n) is 17.3. The summed E-state index contributed by atoms with van der Waals surface area (Å²) < 4.78 is 17.0. The molecule has 0 radical (unpaired) electrons. The van der Waals surface area contributed by atoms with E-state index in [2.05, 4.69) is 12.2 Å². The first-order valence-electron chi connectivity index (χ1n) is 9.99. The number of nitrogens with one attached hydrogen (secondary N) is 1. The van der Waals surface area contributed by atoms with Crippen LogP contribution in [0.4, 0.5) is 0 Å². The average molecular weight is 416 g/mol. The predicted octanol–water partition coefficient (Wildman–Crippen LogP) is 4.69. The first-order chi connectivity index (χ1) is 14.1. The molecule has 1 N–H and O–H groups in total. The monoisotopic (exact) mass is 415 g/mol. The van der Waals surface area contributed by atoms with Gasteiger partial charge in [0, 0.05) is 16.9 Å². The van der Waals surface area contributed by atoms with Gasteiger partial charge in [-0.3, -0.25) is 4.79 Å². The lowest BCUT2D eigenvalue weighted by Crippen LogP contribution is -2.33. The normalized spacial score (nSPS) is 18.3. The highest BCUT2D eigenvalue weighted by atomic mass is 32.2. The van der Waals surface area contributed by atoms with Crippen LogP contribution in [0.2, 0.25) is 0 Å². The fraction of sp³-hybridized carbons (Fsp3) is 0.435. The quantitative estimate of drug-likeness (QED) is 0.644. The van der Waals surface area contributed by atoms with E-state index in [4.69, 9.17) is 14.2 Å². The average Bonchev–Trinajstić information content (AvgIpc) is 3.19. The SMILES string of the molecule is CCS[C@H]1CC[C@H](NC(=O)c2cc(OC)c(OCc3ccccc3)c(OC)c2)C1. The lowest BCUT2D eigenvalue weighted by atomic mass is 10.1. The molecule has 0 bridgehead atoms. The van der Waals surface area contributed by atoms with Gasteiger partial charge in [0.15, 0.2) is 11.5 Å². The summed E-state index contributed by atoms with van der Waals surface area (Å²) in [5.74, 6) is 2.47. The molecule has 2 aromatic carbocycles. The van der Waals surface area contributed by atoms with Crippen LogP contribution in [-0.4, -0.2) is 37.2 Å². The van der Waals surface area contributed by atoms with Crippen molar-refractivity contribution in [3.8, 4) is 17.2 Å². The molecular weight excluding hydrogens is 386 g/mol. The van der Waals surface area contributed by atoms with Crippen LogP contribution in [0.1, 0.15) is 42.1 Å². The van der Waals surface area contributed by atoms with E-state index in [1.807, 2.05) is 42.1 Å². The summed E-state index contributed by atoms with van der Waals surface area (Å²) in [6.07, 6.45) is 3.20. The van der Waals surface area contributed by atoms with Gasteiger partial charge in [0.05, 0.1) is 14.2 Å². The lowest BCUT2D eigenvalue weighted by Gasteiger charge is -2.17. The largest absolute Gasteiger partial charge is 0.493 e. The number of hydrogen-bond donors (Lipinski definition) is 1. The van der Waals surface area contributed by atoms with Crippen molar-refractivity contribution in [1.82, 2.24) is 5.32 Å². The molecule has 3 rings (SSSR count). The van der Waals surface area contributed by atoms with E-state index < -0.39 is 0 Å². The minimum Gasteiger partial charge on any atom is -0.493 e. The highest BCUT2D eigenvalue weighted by molar-refractivity contribution is 7.99. The van der Waals surface area contributed by atoms with E-state index in [-0.39, 0.29) is 11.9 Å². The maximum Gasteiger partial charge on any atom is 0.251 e. The molecule has 2 atom stereocenters. The maximum absolute atomic E-state index is 12.8. The number of rotatable bonds is 9. The van der Waals surface area contributed by atoms with E-state index in [1.165, 1.54) is 0 Å². The molecule has 0 spiro atoms. The number of benzene rings is 2. The van der Waals surface area contributed by atoms with Crippen molar-refractivity contribution in [2.24, 2.45) is 0 Å². The fourth-order valence-corrected chi connectivity index (χ4v) is 4.75. The molecular formula is C23H29NO4S. The Balaban J connectivity index is 1.72. The van der Waals surface area contributed by atoms with Crippen LogP contribution in [0.5, 0.6) is 17.2 Å². The van der Waals surface area contributed by atoms with Crippen molar-refractivity contribution >= 4 is 17.7 Å². The molecule has 0 unspecified atom stereocenters. The van der Waals surface area contributed by atoms with Gasteiger partial charge in [-0.05, 0) is 42.7 Å². The van der Waals surface area contributed by atoms with Gasteiger partial charge in [-0.25, -0.2) is 0 Å². The number of ether oxygens (including phenoxy) is 3. The van der Waals surface area contributed by atoms with E-state index in [0.717, 1.165) is 30.6 Å². The number of thioether (sulfide) groups is 1. The van der Waals surface area contributed by atoms with Gasteiger partial charge in [-0.15, -0.1) is 0 Å². The molecule has 1 saturated carbocycles. The molecule has 156 valence electrons. The standard InChI is InChI=1S/C23H29NO4S/c1-4-29-19-11-10-18(14-19)24-23(25)17-12-20(26-2)22(21(13-17)27-3)28-15-16-8-6-5-7-9-16/h5-9,12-13,18-19H,4,10-11,14-15H2,1-3H3,(H,24,25)/t18-,19-/m0/s1. The first kappa shape index (κ1) is 21.4. The molecule has 1 fully saturated rings. The number of amides is 1. The molecule has 29 heavy (non-hydrogen) atoms. The highest BCUT2D eigenvalue weighted by Crippen LogP contribution is 2.39. The molecule has 1 aliphatic rings. The third-order valence-electron chi connectivity index (χ3n) is 5.07. The van der Waals surface area contributed by atoms with Crippen molar-refractivity contribution in [3.63, 3.8) is 0 Å². The number of methoxy groups -OCH3 is 2. The molecule has 2 aromatic rings. The third kappa shape index (κ3) is 5.60. The summed E-state index contributed by atoms with van der Waals surface area (Å²) in [4.78, 5) is 12.8. The van der Waals surface area contributed by atoms with Gasteiger partial charge in [0.25, 0.3) is 5.91 Å². The van der Waals surface area contributed by atoms with Crippen LogP contribution >= 0.6 is 11.8 Å². The van der Waals surface area contributed by atoms with Gasteiger partial charge in [0.1, 0.15) is 6.61 Å². The van der Waals surface area contributed by atoms with E-state index in [0.29, 0.717) is 34.7 Å². The molecule has 0 aromatic heterocycles. The molecule has 0 aliphatic heterocycles. The first-order valence-corrected chi connectivity index (χ1v) is 11.0. The van der Waals surface area contributed by atoms with Crippen LogP contribution in [0.3, 0.4) is 0 Å². The molecule has 0 heterocycles. The van der Waals surface area contributed by atoms with Crippen LogP contribution in [0, 0.1) is 0 Å². The van der Waals surface area contributed by atoms with E-state index >= 15 is 0 Å². The van der Waals surface area contributed by atoms with Crippen molar-refractivity contribution in [2.45, 2.75) is 44.1 Å². The second-order valence-electron chi connectivity index (χ2n) is 7.04. The van der Waals surface area contributed by atoms with Crippen molar-refractivity contribution in [2.75, 3.05) is 20.0 Å². The number of carbonyl (C=O) groups excluding carboxylic acids is 1. The van der Waals surface area contributed by atoms with Gasteiger partial charge >= 0.3 is 0 Å². The lowest BCUT2D eigenvalue weighted by molar-refractivity contribution is 0.0937. The molecule has 5 nitrogen and oxygen atoms in total. The minimum atomic E-state index is -0.108. The summed E-state index contributed by atoms with van der Waals surface area (Å²) >= 11 is 1.98. The second kappa shape index (κ2) is 10.4. The Bertz CT molecular complexity index is 787. The molecule has 6 heteroatoms. The van der Waals surface area contributed by atoms with Crippen LogP contribution in [-0.2, 0) is 6.61 Å². The van der Waals surface area contributed by atoms with Gasteiger partial charge in [-0.2, -0.15) is 11.8 Å². The second-order valence-corrected chi connectivity index (χ2v) is 8.62. The van der Waals surface area contributed by atoms with Gasteiger partial charge < -0.3 is 19.5 Å². The summed E-state index contributed by atoms with van der Waals surface area (Å²) in [6.45, 7) is 2.56. The van der Waals surface area contributed by atoms with Gasteiger partial charge in [0.2, 0.25) is 5.75 Å². The highest BCUT2D eigenvalue weighted by Gasteiger charge is 2.27. The third-order valence-corrected chi connectivity index (χ3v) is 6.30. The molecule has 1 amide bonds. The summed E-state index contributed by atoms with van der Waals surface area (Å²) in [6, 6.07) is 13.5. The Morgan fingerprint density at radius 1 is 1.10 bits per heavy atom. The van der Waals surface area contributed by atoms with Crippen LogP contribution < -0.4 is 19.5 Å². The summed E-state index contributed by atoms with van der Waals surface area (Å²) in [5.41, 5.74) is 1.55. The Kier molecular flexibility index (Phi) is 7.69. The van der Waals surface area contributed by atoms with Crippen LogP contribution in [0.15, 0.2) is 42.5 Å². The summed E-state index contributed by atoms with van der Waals surface area (Å²) in [7, 11) is 3.13. The predicted molar refractivity (Wildman–Crippen MR) is 117 cm³/mol.